The Morgan fingerprint density at radius 3 is 2.27 bits per heavy atom. The predicted octanol–water partition coefficient (Wildman–Crippen LogP) is 8.03. The van der Waals surface area contributed by atoms with Crippen LogP contribution in [0.1, 0.15) is 46.2 Å². The zero-order valence-corrected chi connectivity index (χ0v) is 24.3. The van der Waals surface area contributed by atoms with Gasteiger partial charge in [-0.2, -0.15) is 5.10 Å². The Balaban J connectivity index is 1.53. The van der Waals surface area contributed by atoms with E-state index in [0.29, 0.717) is 17.3 Å². The standard InChI is InChI=1S/C35H27BrN4O/c1-22-12-18-27(19-13-22)39-34(37-31-11-7-6-10-29(31)35(39)41)30-20-25(24-14-16-26(36)17-15-24)21-32-33(30)23(2)38-40(32)28-8-4-3-5-9-28/h3-19,21,30H,20H2,1-2H3. The third-order valence-corrected chi connectivity index (χ3v) is 8.38. The summed E-state index contributed by atoms with van der Waals surface area (Å²) in [6.07, 6.45) is 2.93. The summed E-state index contributed by atoms with van der Waals surface area (Å²) in [4.78, 5) is 19.4. The monoisotopic (exact) mass is 598 g/mol. The molecule has 5 nitrogen and oxygen atoms in total. The van der Waals surface area contributed by atoms with Gasteiger partial charge in [0, 0.05) is 10.0 Å². The normalized spacial score (nSPS) is 14.6. The smallest absolute Gasteiger partial charge is 0.265 e. The zero-order chi connectivity index (χ0) is 28.1. The van der Waals surface area contributed by atoms with Crippen molar-refractivity contribution in [1.29, 1.82) is 0 Å². The molecule has 0 saturated heterocycles. The Labute approximate surface area is 246 Å². The molecule has 6 aromatic rings. The van der Waals surface area contributed by atoms with Gasteiger partial charge >= 0.3 is 0 Å². The van der Waals surface area contributed by atoms with Crippen LogP contribution in [-0.4, -0.2) is 19.3 Å². The molecule has 1 atom stereocenters. The summed E-state index contributed by atoms with van der Waals surface area (Å²) in [7, 11) is 0. The van der Waals surface area contributed by atoms with E-state index in [0.717, 1.165) is 49.8 Å². The minimum Gasteiger partial charge on any atom is -0.268 e. The first kappa shape index (κ1) is 25.4. The van der Waals surface area contributed by atoms with Crippen molar-refractivity contribution >= 4 is 38.5 Å². The van der Waals surface area contributed by atoms with Gasteiger partial charge in [0.1, 0.15) is 5.82 Å². The maximum atomic E-state index is 14.2. The van der Waals surface area contributed by atoms with Gasteiger partial charge in [0.15, 0.2) is 0 Å². The first-order chi connectivity index (χ1) is 20.0. The Morgan fingerprint density at radius 1 is 0.805 bits per heavy atom. The Kier molecular flexibility index (Phi) is 6.28. The summed E-state index contributed by atoms with van der Waals surface area (Å²) in [5, 5.41) is 5.63. The number of fused-ring (bicyclic) bond motifs is 2. The number of allylic oxidation sites excluding steroid dienone is 1. The lowest BCUT2D eigenvalue weighted by molar-refractivity contribution is 0.707. The van der Waals surface area contributed by atoms with Gasteiger partial charge < -0.3 is 0 Å². The van der Waals surface area contributed by atoms with E-state index in [4.69, 9.17) is 10.1 Å². The topological polar surface area (TPSA) is 52.7 Å². The second kappa shape index (κ2) is 10.1. The van der Waals surface area contributed by atoms with E-state index in [1.165, 1.54) is 5.57 Å². The van der Waals surface area contributed by atoms with Gasteiger partial charge in [-0.1, -0.05) is 76.1 Å². The average Bonchev–Trinajstić information content (AvgIpc) is 3.34. The average molecular weight is 600 g/mol. The maximum absolute atomic E-state index is 14.2. The number of para-hydroxylation sites is 2. The summed E-state index contributed by atoms with van der Waals surface area (Å²) in [5.74, 6) is 0.530. The van der Waals surface area contributed by atoms with Crippen LogP contribution in [0.5, 0.6) is 0 Å². The van der Waals surface area contributed by atoms with Gasteiger partial charge in [-0.15, -0.1) is 0 Å². The fourth-order valence-corrected chi connectivity index (χ4v) is 6.12. The minimum absolute atomic E-state index is 0.0659. The first-order valence-electron chi connectivity index (χ1n) is 13.7. The molecule has 1 aliphatic carbocycles. The lowest BCUT2D eigenvalue weighted by Crippen LogP contribution is -2.27. The molecule has 0 fully saturated rings. The minimum atomic E-state index is -0.190. The van der Waals surface area contributed by atoms with E-state index in [1.807, 2.05) is 71.4 Å². The van der Waals surface area contributed by atoms with Crippen molar-refractivity contribution < 1.29 is 0 Å². The van der Waals surface area contributed by atoms with Crippen LogP contribution < -0.4 is 5.56 Å². The van der Waals surface area contributed by atoms with E-state index < -0.39 is 0 Å². The molecule has 200 valence electrons. The number of aromatic nitrogens is 4. The Bertz CT molecular complexity index is 2000. The van der Waals surface area contributed by atoms with Crippen LogP contribution in [0.15, 0.2) is 112 Å². The van der Waals surface area contributed by atoms with Gasteiger partial charge in [-0.3, -0.25) is 9.36 Å². The maximum Gasteiger partial charge on any atom is 0.265 e. The van der Waals surface area contributed by atoms with E-state index in [9.17, 15) is 4.79 Å². The number of hydrogen-bond acceptors (Lipinski definition) is 3. The number of aryl methyl sites for hydroxylation is 2. The third-order valence-electron chi connectivity index (χ3n) is 7.85. The van der Waals surface area contributed by atoms with Crippen LogP contribution >= 0.6 is 15.9 Å². The summed E-state index contributed by atoms with van der Waals surface area (Å²) in [6, 6.07) is 34.3. The molecule has 0 bridgehead atoms. The van der Waals surface area contributed by atoms with Crippen molar-refractivity contribution in [1.82, 2.24) is 19.3 Å². The molecule has 1 unspecified atom stereocenters. The molecule has 0 spiro atoms. The van der Waals surface area contributed by atoms with Gasteiger partial charge in [0.05, 0.1) is 39.6 Å². The molecule has 7 rings (SSSR count). The highest BCUT2D eigenvalue weighted by Crippen LogP contribution is 2.44. The highest BCUT2D eigenvalue weighted by Gasteiger charge is 2.33. The number of rotatable bonds is 4. The van der Waals surface area contributed by atoms with Crippen molar-refractivity contribution in [3.05, 3.63) is 152 Å². The fourth-order valence-electron chi connectivity index (χ4n) is 5.85. The number of benzene rings is 4. The molecule has 41 heavy (non-hydrogen) atoms. The lowest BCUT2D eigenvalue weighted by Gasteiger charge is -2.27. The van der Waals surface area contributed by atoms with Crippen molar-refractivity contribution in [3.8, 4) is 11.4 Å². The molecule has 0 aliphatic heterocycles. The molecule has 1 aliphatic rings. The molecule has 6 heteroatoms. The van der Waals surface area contributed by atoms with Crippen molar-refractivity contribution in [3.63, 3.8) is 0 Å². The molecule has 0 N–H and O–H groups in total. The van der Waals surface area contributed by atoms with Crippen LogP contribution in [-0.2, 0) is 0 Å². The van der Waals surface area contributed by atoms with Gasteiger partial charge in [0.2, 0.25) is 0 Å². The van der Waals surface area contributed by atoms with E-state index in [1.54, 1.807) is 4.57 Å². The number of nitrogens with zero attached hydrogens (tertiary/aromatic N) is 4. The molecule has 0 radical (unpaired) electrons. The molecule has 4 aromatic carbocycles. The molecule has 0 amide bonds. The summed E-state index contributed by atoms with van der Waals surface area (Å²) < 4.78 is 4.86. The quantitative estimate of drug-likeness (QED) is 0.206. The van der Waals surface area contributed by atoms with Crippen LogP contribution in [0.25, 0.3) is 33.9 Å². The fraction of sp³-hybridized carbons (Fsp3) is 0.114. The predicted molar refractivity (Wildman–Crippen MR) is 169 cm³/mol. The van der Waals surface area contributed by atoms with Crippen molar-refractivity contribution in [2.75, 3.05) is 0 Å². The van der Waals surface area contributed by atoms with Gasteiger partial charge in [-0.25, -0.2) is 9.67 Å². The van der Waals surface area contributed by atoms with Gasteiger partial charge in [0.25, 0.3) is 5.56 Å². The summed E-state index contributed by atoms with van der Waals surface area (Å²) in [6.45, 7) is 4.11. The van der Waals surface area contributed by atoms with E-state index in [2.05, 4.69) is 72.3 Å². The van der Waals surface area contributed by atoms with Crippen LogP contribution in [0.4, 0.5) is 0 Å². The van der Waals surface area contributed by atoms with E-state index in [-0.39, 0.29) is 11.5 Å². The molecule has 0 saturated carbocycles. The van der Waals surface area contributed by atoms with Crippen LogP contribution in [0.3, 0.4) is 0 Å². The van der Waals surface area contributed by atoms with Crippen LogP contribution in [0.2, 0.25) is 0 Å². The highest BCUT2D eigenvalue weighted by molar-refractivity contribution is 9.10. The highest BCUT2D eigenvalue weighted by atomic mass is 79.9. The third kappa shape index (κ3) is 4.45. The molecule has 2 heterocycles. The summed E-state index contributed by atoms with van der Waals surface area (Å²) in [5.41, 5.74) is 8.91. The zero-order valence-electron chi connectivity index (χ0n) is 22.8. The second-order valence-electron chi connectivity index (χ2n) is 10.5. The second-order valence-corrected chi connectivity index (χ2v) is 11.4. The van der Waals surface area contributed by atoms with Gasteiger partial charge in [-0.05, 0) is 86.0 Å². The molecular formula is C35H27BrN4O. The SMILES string of the molecule is Cc1ccc(-n2c(C3CC(c4ccc(Br)cc4)=Cc4c3c(C)nn4-c3ccccc3)nc3ccccc3c2=O)cc1. The molecule has 2 aromatic heterocycles. The van der Waals surface area contributed by atoms with Crippen LogP contribution in [0, 0.1) is 13.8 Å². The Morgan fingerprint density at radius 2 is 1.51 bits per heavy atom. The summed E-state index contributed by atoms with van der Waals surface area (Å²) >= 11 is 3.58. The number of hydrogen-bond donors (Lipinski definition) is 0. The molecular weight excluding hydrogens is 572 g/mol. The number of halogens is 1. The van der Waals surface area contributed by atoms with E-state index >= 15 is 0 Å². The van der Waals surface area contributed by atoms with Crippen molar-refractivity contribution in [2.24, 2.45) is 0 Å². The first-order valence-corrected chi connectivity index (χ1v) is 14.5. The lowest BCUT2D eigenvalue weighted by atomic mass is 9.81. The largest absolute Gasteiger partial charge is 0.268 e. The van der Waals surface area contributed by atoms with Crippen molar-refractivity contribution in [2.45, 2.75) is 26.2 Å². The Hall–Kier alpha value is -4.55.